The van der Waals surface area contributed by atoms with Crippen LogP contribution in [0.15, 0.2) is 36.5 Å². The Balaban J connectivity index is 1.58. The predicted molar refractivity (Wildman–Crippen MR) is 108 cm³/mol. The van der Waals surface area contributed by atoms with E-state index in [4.69, 9.17) is 11.6 Å². The molecule has 3 rings (SSSR count). The van der Waals surface area contributed by atoms with Gasteiger partial charge in [0.2, 0.25) is 5.91 Å². The highest BCUT2D eigenvalue weighted by Gasteiger charge is 2.51. The summed E-state index contributed by atoms with van der Waals surface area (Å²) in [5, 5.41) is 5.11. The molecule has 0 radical (unpaired) electrons. The van der Waals surface area contributed by atoms with Crippen molar-refractivity contribution < 1.29 is 35.9 Å². The maximum absolute atomic E-state index is 13.2. The second-order valence-electron chi connectivity index (χ2n) is 7.82. The van der Waals surface area contributed by atoms with Crippen LogP contribution in [0.25, 0.3) is 0 Å². The zero-order valence-corrected chi connectivity index (χ0v) is 17.7. The monoisotopic (exact) mass is 493 g/mol. The smallest absolute Gasteiger partial charge is 0.354 e. The summed E-state index contributed by atoms with van der Waals surface area (Å²) < 4.78 is 76.6. The van der Waals surface area contributed by atoms with Gasteiger partial charge in [-0.1, -0.05) is 11.6 Å². The van der Waals surface area contributed by atoms with Crippen LogP contribution in [0.1, 0.15) is 36.9 Å². The highest BCUT2D eigenvalue weighted by atomic mass is 35.5. The standard InChI is InChI=1S/C21H18ClF6N3O2/c22-12-1-4-17(16(7-12)21(26,27)28)31-14-3-2-13(29-11-14)10-30-18(33)19(5-6-19)8-15(32)9-20(23,24)25/h1-4,7,11,31H,5-6,8-10H2,(H,30,33). The maximum atomic E-state index is 13.2. The van der Waals surface area contributed by atoms with Crippen LogP contribution in [0.5, 0.6) is 0 Å². The molecule has 1 aromatic carbocycles. The Kier molecular flexibility index (Phi) is 6.92. The number of amides is 1. The minimum absolute atomic E-state index is 0.0525. The van der Waals surface area contributed by atoms with Crippen molar-refractivity contribution in [3.63, 3.8) is 0 Å². The Morgan fingerprint density at radius 2 is 1.76 bits per heavy atom. The number of anilines is 2. The number of halogens is 7. The first-order valence-electron chi connectivity index (χ1n) is 9.73. The number of ketones is 1. The summed E-state index contributed by atoms with van der Waals surface area (Å²) in [4.78, 5) is 28.0. The summed E-state index contributed by atoms with van der Waals surface area (Å²) in [7, 11) is 0. The lowest BCUT2D eigenvalue weighted by Gasteiger charge is -2.16. The van der Waals surface area contributed by atoms with Crippen molar-refractivity contribution in [1.29, 1.82) is 0 Å². The number of Topliss-reactive ketones (excluding diaryl/α,β-unsaturated/α-hetero) is 1. The molecule has 178 valence electrons. The van der Waals surface area contributed by atoms with Gasteiger partial charge < -0.3 is 10.6 Å². The molecule has 12 heteroatoms. The second-order valence-corrected chi connectivity index (χ2v) is 8.26. The van der Waals surface area contributed by atoms with Crippen LogP contribution in [0, 0.1) is 5.41 Å². The number of benzene rings is 1. The van der Waals surface area contributed by atoms with Gasteiger partial charge in [0.05, 0.1) is 40.8 Å². The van der Waals surface area contributed by atoms with E-state index in [1.807, 2.05) is 0 Å². The zero-order chi connectivity index (χ0) is 24.4. The van der Waals surface area contributed by atoms with Crippen molar-refractivity contribution in [2.75, 3.05) is 5.32 Å². The molecule has 0 saturated heterocycles. The van der Waals surface area contributed by atoms with Gasteiger partial charge in [-0.05, 0) is 43.2 Å². The molecule has 0 bridgehead atoms. The molecule has 2 N–H and O–H groups in total. The normalized spacial score (nSPS) is 15.1. The summed E-state index contributed by atoms with van der Waals surface area (Å²) in [5.41, 5.74) is -1.64. The predicted octanol–water partition coefficient (Wildman–Crippen LogP) is 5.81. The maximum Gasteiger partial charge on any atom is 0.418 e. The van der Waals surface area contributed by atoms with Crippen molar-refractivity contribution >= 4 is 34.7 Å². The average Bonchev–Trinajstić information content (AvgIpc) is 3.46. The molecule has 0 spiro atoms. The number of alkyl halides is 6. The SMILES string of the molecule is O=C(CC(F)(F)F)CC1(C(=O)NCc2ccc(Nc3ccc(Cl)cc3C(F)(F)F)cn2)CC1. The minimum atomic E-state index is -4.62. The van der Waals surface area contributed by atoms with Crippen molar-refractivity contribution in [1.82, 2.24) is 10.3 Å². The van der Waals surface area contributed by atoms with Crippen molar-refractivity contribution in [2.45, 2.75) is 44.6 Å². The number of pyridine rings is 1. The highest BCUT2D eigenvalue weighted by Crippen LogP contribution is 2.49. The van der Waals surface area contributed by atoms with Gasteiger partial charge in [-0.25, -0.2) is 0 Å². The number of carbonyl (C=O) groups excluding carboxylic acids is 2. The molecule has 1 fully saturated rings. The topological polar surface area (TPSA) is 71.1 Å². The number of carbonyl (C=O) groups is 2. The molecule has 1 saturated carbocycles. The van der Waals surface area contributed by atoms with Crippen LogP contribution in [0.4, 0.5) is 37.7 Å². The number of nitrogens with zero attached hydrogens (tertiary/aromatic N) is 1. The van der Waals surface area contributed by atoms with E-state index in [1.54, 1.807) is 0 Å². The Morgan fingerprint density at radius 3 is 2.30 bits per heavy atom. The number of nitrogens with one attached hydrogen (secondary N) is 2. The quantitative estimate of drug-likeness (QED) is 0.456. The summed E-state index contributed by atoms with van der Waals surface area (Å²) >= 11 is 5.66. The van der Waals surface area contributed by atoms with Gasteiger partial charge in [0.25, 0.3) is 0 Å². The third-order valence-corrected chi connectivity index (χ3v) is 5.32. The molecule has 1 amide bonds. The van der Waals surface area contributed by atoms with Gasteiger partial charge in [-0.2, -0.15) is 26.3 Å². The lowest BCUT2D eigenvalue weighted by atomic mass is 9.96. The molecule has 2 aromatic rings. The molecule has 0 atom stereocenters. The number of hydrogen-bond acceptors (Lipinski definition) is 4. The van der Waals surface area contributed by atoms with Gasteiger partial charge >= 0.3 is 12.4 Å². The number of aromatic nitrogens is 1. The first-order chi connectivity index (χ1) is 15.3. The molecular weight excluding hydrogens is 476 g/mol. The third-order valence-electron chi connectivity index (χ3n) is 5.09. The fourth-order valence-electron chi connectivity index (χ4n) is 3.28. The molecule has 5 nitrogen and oxygen atoms in total. The van der Waals surface area contributed by atoms with Crippen LogP contribution >= 0.6 is 11.6 Å². The molecule has 1 aromatic heterocycles. The highest BCUT2D eigenvalue weighted by molar-refractivity contribution is 6.30. The zero-order valence-electron chi connectivity index (χ0n) is 16.9. The van der Waals surface area contributed by atoms with Crippen LogP contribution in [-0.4, -0.2) is 22.9 Å². The van der Waals surface area contributed by atoms with Gasteiger partial charge in [0.15, 0.2) is 0 Å². The summed E-state index contributed by atoms with van der Waals surface area (Å²) in [5.74, 6) is -1.57. The van der Waals surface area contributed by atoms with Crippen LogP contribution in [-0.2, 0) is 22.3 Å². The molecule has 33 heavy (non-hydrogen) atoms. The molecule has 0 unspecified atom stereocenters. The molecular formula is C21H18ClF6N3O2. The Bertz CT molecular complexity index is 1030. The van der Waals surface area contributed by atoms with Crippen LogP contribution in [0.3, 0.4) is 0 Å². The van der Waals surface area contributed by atoms with Crippen molar-refractivity contribution in [2.24, 2.45) is 5.41 Å². The van der Waals surface area contributed by atoms with Gasteiger partial charge in [-0.3, -0.25) is 14.6 Å². The molecule has 0 aliphatic heterocycles. The lowest BCUT2D eigenvalue weighted by molar-refractivity contribution is -0.154. The Hall–Kier alpha value is -2.82. The Labute approximate surface area is 189 Å². The van der Waals surface area contributed by atoms with E-state index in [0.29, 0.717) is 18.5 Å². The molecule has 1 aliphatic carbocycles. The van der Waals surface area contributed by atoms with E-state index >= 15 is 0 Å². The summed E-state index contributed by atoms with van der Waals surface area (Å²) in [6.07, 6.45) is -9.36. The van der Waals surface area contributed by atoms with Gasteiger partial charge in [0.1, 0.15) is 12.2 Å². The average molecular weight is 494 g/mol. The van der Waals surface area contributed by atoms with Crippen LogP contribution in [0.2, 0.25) is 5.02 Å². The largest absolute Gasteiger partial charge is 0.418 e. The van der Waals surface area contributed by atoms with E-state index < -0.39 is 47.9 Å². The van der Waals surface area contributed by atoms with E-state index in [9.17, 15) is 35.9 Å². The van der Waals surface area contributed by atoms with Gasteiger partial charge in [-0.15, -0.1) is 0 Å². The van der Waals surface area contributed by atoms with E-state index in [0.717, 1.165) is 6.07 Å². The van der Waals surface area contributed by atoms with E-state index in [2.05, 4.69) is 15.6 Å². The summed E-state index contributed by atoms with van der Waals surface area (Å²) in [6, 6.07) is 6.23. The first kappa shape index (κ1) is 24.8. The third kappa shape index (κ3) is 6.83. The minimum Gasteiger partial charge on any atom is -0.354 e. The van der Waals surface area contributed by atoms with E-state index in [-0.39, 0.29) is 22.9 Å². The molecule has 1 aliphatic rings. The van der Waals surface area contributed by atoms with Gasteiger partial charge in [0, 0.05) is 11.4 Å². The Morgan fingerprint density at radius 1 is 1.06 bits per heavy atom. The fourth-order valence-corrected chi connectivity index (χ4v) is 3.45. The van der Waals surface area contributed by atoms with E-state index in [1.165, 1.54) is 30.5 Å². The fraction of sp³-hybridized carbons (Fsp3) is 0.381. The van der Waals surface area contributed by atoms with Crippen molar-refractivity contribution in [3.8, 4) is 0 Å². The second kappa shape index (κ2) is 9.20. The molecule has 1 heterocycles. The lowest BCUT2D eigenvalue weighted by Crippen LogP contribution is -2.34. The first-order valence-corrected chi connectivity index (χ1v) is 10.1. The van der Waals surface area contributed by atoms with Crippen molar-refractivity contribution in [3.05, 3.63) is 52.8 Å². The van der Waals surface area contributed by atoms with Crippen LogP contribution < -0.4 is 10.6 Å². The number of rotatable bonds is 8. The number of hydrogen-bond donors (Lipinski definition) is 2. The summed E-state index contributed by atoms with van der Waals surface area (Å²) in [6.45, 7) is -0.0525.